The van der Waals surface area contributed by atoms with Gasteiger partial charge in [0.2, 0.25) is 0 Å². The first-order valence-electron chi connectivity index (χ1n) is 6.57. The van der Waals surface area contributed by atoms with Gasteiger partial charge in [-0.25, -0.2) is 4.79 Å². The van der Waals surface area contributed by atoms with Crippen molar-refractivity contribution in [2.45, 2.75) is 52.2 Å². The van der Waals surface area contributed by atoms with Crippen LogP contribution in [0.5, 0.6) is 5.75 Å². The topological polar surface area (TPSA) is 84.6 Å². The van der Waals surface area contributed by atoms with Crippen molar-refractivity contribution in [1.82, 2.24) is 0 Å². The number of aromatic hydroxyl groups is 1. The smallest absolute Gasteiger partial charge is 0.412 e. The average Bonchev–Trinajstić information content (AvgIpc) is 2.18. The SMILES string of the molecule is CC(C)(N)Cc1cc(NC(=O)OC(C)(C)C)ccc1O. The largest absolute Gasteiger partial charge is 0.508 e. The Morgan fingerprint density at radius 3 is 2.40 bits per heavy atom. The van der Waals surface area contributed by atoms with E-state index in [1.54, 1.807) is 32.9 Å². The van der Waals surface area contributed by atoms with Crippen LogP contribution in [0.25, 0.3) is 0 Å². The van der Waals surface area contributed by atoms with Crippen molar-refractivity contribution in [2.24, 2.45) is 5.73 Å². The van der Waals surface area contributed by atoms with Gasteiger partial charge in [-0.2, -0.15) is 0 Å². The highest BCUT2D eigenvalue weighted by Gasteiger charge is 2.18. The number of anilines is 1. The highest BCUT2D eigenvalue weighted by Crippen LogP contribution is 2.25. The summed E-state index contributed by atoms with van der Waals surface area (Å²) in [4.78, 5) is 11.7. The first-order valence-corrected chi connectivity index (χ1v) is 6.57. The van der Waals surface area contributed by atoms with Crippen LogP contribution >= 0.6 is 0 Å². The van der Waals surface area contributed by atoms with Crippen LogP contribution in [0.15, 0.2) is 18.2 Å². The molecule has 1 amide bonds. The second-order valence-electron chi connectivity index (χ2n) is 6.64. The van der Waals surface area contributed by atoms with Crippen molar-refractivity contribution < 1.29 is 14.6 Å². The number of hydrogen-bond acceptors (Lipinski definition) is 4. The minimum Gasteiger partial charge on any atom is -0.508 e. The Morgan fingerprint density at radius 1 is 1.30 bits per heavy atom. The Hall–Kier alpha value is -1.75. The normalized spacial score (nSPS) is 12.1. The van der Waals surface area contributed by atoms with Gasteiger partial charge in [0.25, 0.3) is 0 Å². The van der Waals surface area contributed by atoms with Crippen molar-refractivity contribution in [1.29, 1.82) is 0 Å². The van der Waals surface area contributed by atoms with Crippen LogP contribution in [0.2, 0.25) is 0 Å². The van der Waals surface area contributed by atoms with Crippen molar-refractivity contribution in [2.75, 3.05) is 5.32 Å². The Kier molecular flexibility index (Phi) is 4.65. The molecule has 0 saturated carbocycles. The molecule has 5 heteroatoms. The number of nitrogens with two attached hydrogens (primary N) is 1. The molecule has 0 aliphatic rings. The number of amides is 1. The third-order valence-electron chi connectivity index (χ3n) is 2.37. The summed E-state index contributed by atoms with van der Waals surface area (Å²) in [5.74, 6) is 0.165. The zero-order chi connectivity index (χ0) is 15.6. The number of phenolic OH excluding ortho intramolecular Hbond substituents is 1. The predicted molar refractivity (Wildman–Crippen MR) is 79.9 cm³/mol. The van der Waals surface area contributed by atoms with Crippen molar-refractivity contribution in [3.63, 3.8) is 0 Å². The molecule has 0 bridgehead atoms. The molecule has 0 unspecified atom stereocenters. The maximum atomic E-state index is 11.7. The van der Waals surface area contributed by atoms with Crippen LogP contribution in [0.4, 0.5) is 10.5 Å². The Morgan fingerprint density at radius 2 is 1.90 bits per heavy atom. The molecular formula is C15H24N2O3. The molecule has 0 aliphatic carbocycles. The summed E-state index contributed by atoms with van der Waals surface area (Å²) >= 11 is 0. The van der Waals surface area contributed by atoms with E-state index in [9.17, 15) is 9.90 Å². The lowest BCUT2D eigenvalue weighted by atomic mass is 9.95. The average molecular weight is 280 g/mol. The second-order valence-corrected chi connectivity index (χ2v) is 6.64. The van der Waals surface area contributed by atoms with E-state index in [1.807, 2.05) is 13.8 Å². The summed E-state index contributed by atoms with van der Waals surface area (Å²) in [6, 6.07) is 4.86. The summed E-state index contributed by atoms with van der Waals surface area (Å²) < 4.78 is 5.18. The lowest BCUT2D eigenvalue weighted by molar-refractivity contribution is 0.0636. The minimum absolute atomic E-state index is 0.165. The Bertz CT molecular complexity index is 485. The second kappa shape index (κ2) is 5.71. The van der Waals surface area contributed by atoms with Gasteiger partial charge in [-0.05, 0) is 64.8 Å². The summed E-state index contributed by atoms with van der Waals surface area (Å²) in [5, 5.41) is 12.5. The number of carbonyl (C=O) groups excluding carboxylic acids is 1. The van der Waals surface area contributed by atoms with Gasteiger partial charge >= 0.3 is 6.09 Å². The number of phenols is 1. The van der Waals surface area contributed by atoms with Crippen LogP contribution in [-0.4, -0.2) is 22.3 Å². The molecule has 0 radical (unpaired) electrons. The monoisotopic (exact) mass is 280 g/mol. The van der Waals surface area contributed by atoms with E-state index >= 15 is 0 Å². The molecule has 20 heavy (non-hydrogen) atoms. The molecule has 0 spiro atoms. The fraction of sp³-hybridized carbons (Fsp3) is 0.533. The van der Waals surface area contributed by atoms with Crippen LogP contribution in [-0.2, 0) is 11.2 Å². The number of hydrogen-bond donors (Lipinski definition) is 3. The molecule has 1 rings (SSSR count). The molecule has 5 nitrogen and oxygen atoms in total. The van der Waals surface area contributed by atoms with E-state index < -0.39 is 17.2 Å². The standard InChI is InChI=1S/C15H24N2O3/c1-14(2,3)20-13(19)17-11-6-7-12(18)10(8-11)9-15(4,5)16/h6-8,18H,9,16H2,1-5H3,(H,17,19). The maximum Gasteiger partial charge on any atom is 0.412 e. The van der Waals surface area contributed by atoms with E-state index in [0.29, 0.717) is 17.7 Å². The minimum atomic E-state index is -0.552. The van der Waals surface area contributed by atoms with Crippen LogP contribution in [0.3, 0.4) is 0 Å². The van der Waals surface area contributed by atoms with Gasteiger partial charge in [-0.3, -0.25) is 5.32 Å². The molecule has 0 saturated heterocycles. The van der Waals surface area contributed by atoms with Gasteiger partial charge in [0.15, 0.2) is 0 Å². The van der Waals surface area contributed by atoms with E-state index in [0.717, 1.165) is 0 Å². The fourth-order valence-corrected chi connectivity index (χ4v) is 1.72. The van der Waals surface area contributed by atoms with Crippen molar-refractivity contribution >= 4 is 11.8 Å². The van der Waals surface area contributed by atoms with Gasteiger partial charge in [-0.15, -0.1) is 0 Å². The van der Waals surface area contributed by atoms with Crippen LogP contribution in [0, 0.1) is 0 Å². The lowest BCUT2D eigenvalue weighted by Gasteiger charge is -2.21. The van der Waals surface area contributed by atoms with Crippen LogP contribution < -0.4 is 11.1 Å². The number of benzene rings is 1. The zero-order valence-corrected chi connectivity index (χ0v) is 12.8. The number of nitrogens with one attached hydrogen (secondary N) is 1. The fourth-order valence-electron chi connectivity index (χ4n) is 1.72. The van der Waals surface area contributed by atoms with Gasteiger partial charge in [0.05, 0.1) is 0 Å². The summed E-state index contributed by atoms with van der Waals surface area (Å²) in [6.45, 7) is 9.14. The highest BCUT2D eigenvalue weighted by atomic mass is 16.6. The molecule has 0 heterocycles. The Labute approximate surface area is 120 Å². The van der Waals surface area contributed by atoms with E-state index in [-0.39, 0.29) is 5.75 Å². The van der Waals surface area contributed by atoms with E-state index in [4.69, 9.17) is 10.5 Å². The predicted octanol–water partition coefficient (Wildman–Crippen LogP) is 3.02. The molecular weight excluding hydrogens is 256 g/mol. The molecule has 4 N–H and O–H groups in total. The summed E-state index contributed by atoms with van der Waals surface area (Å²) in [6.07, 6.45) is -0.0241. The summed E-state index contributed by atoms with van der Waals surface area (Å²) in [5.41, 5.74) is 6.21. The number of rotatable bonds is 3. The maximum absolute atomic E-state index is 11.7. The number of carbonyl (C=O) groups is 1. The van der Waals surface area contributed by atoms with Crippen molar-refractivity contribution in [3.05, 3.63) is 23.8 Å². The van der Waals surface area contributed by atoms with Gasteiger partial charge in [-0.1, -0.05) is 0 Å². The Balaban J connectivity index is 2.82. The summed E-state index contributed by atoms with van der Waals surface area (Å²) in [7, 11) is 0. The lowest BCUT2D eigenvalue weighted by Crippen LogP contribution is -2.34. The van der Waals surface area contributed by atoms with Gasteiger partial charge in [0.1, 0.15) is 11.4 Å². The van der Waals surface area contributed by atoms with Gasteiger partial charge < -0.3 is 15.6 Å². The molecule has 0 aliphatic heterocycles. The first kappa shape index (κ1) is 16.3. The van der Waals surface area contributed by atoms with E-state index in [1.165, 1.54) is 6.07 Å². The third-order valence-corrected chi connectivity index (χ3v) is 2.37. The van der Waals surface area contributed by atoms with Crippen LogP contribution in [0.1, 0.15) is 40.2 Å². The molecule has 0 atom stereocenters. The highest BCUT2D eigenvalue weighted by molar-refractivity contribution is 5.85. The number of ether oxygens (including phenoxy) is 1. The zero-order valence-electron chi connectivity index (χ0n) is 12.8. The van der Waals surface area contributed by atoms with Gasteiger partial charge in [0, 0.05) is 11.2 Å². The van der Waals surface area contributed by atoms with Crippen molar-refractivity contribution in [3.8, 4) is 5.75 Å². The van der Waals surface area contributed by atoms with E-state index in [2.05, 4.69) is 5.32 Å². The molecule has 0 aromatic heterocycles. The molecule has 0 fully saturated rings. The quantitative estimate of drug-likeness (QED) is 0.743. The molecule has 1 aromatic carbocycles. The first-order chi connectivity index (χ1) is 8.96. The molecule has 1 aromatic rings. The third kappa shape index (κ3) is 5.93. The molecule has 112 valence electrons.